The summed E-state index contributed by atoms with van der Waals surface area (Å²) >= 11 is 0. The monoisotopic (exact) mass is 411 g/mol. The van der Waals surface area contributed by atoms with E-state index in [0.29, 0.717) is 6.54 Å². The molecule has 0 atom stereocenters. The molecular formula is C18H16F3N3O3S. The van der Waals surface area contributed by atoms with Crippen molar-refractivity contribution in [1.29, 1.82) is 0 Å². The number of nitrogens with one attached hydrogen (secondary N) is 1. The smallest absolute Gasteiger partial charge is 0.406 e. The van der Waals surface area contributed by atoms with Crippen LogP contribution in [0.3, 0.4) is 0 Å². The van der Waals surface area contributed by atoms with E-state index >= 15 is 0 Å². The second-order valence-corrected chi connectivity index (χ2v) is 7.63. The van der Waals surface area contributed by atoms with E-state index in [0.717, 1.165) is 35.4 Å². The third kappa shape index (κ3) is 5.57. The third-order valence-corrected chi connectivity index (χ3v) is 5.18. The lowest BCUT2D eigenvalue weighted by Crippen LogP contribution is -2.23. The van der Waals surface area contributed by atoms with E-state index in [1.54, 1.807) is 23.0 Å². The minimum atomic E-state index is -4.83. The fraction of sp³-hybridized carbons (Fsp3) is 0.167. The minimum Gasteiger partial charge on any atom is -0.406 e. The molecule has 28 heavy (non-hydrogen) atoms. The Morgan fingerprint density at radius 1 is 1.00 bits per heavy atom. The standard InChI is InChI=1S/C18H16F3N3O3S/c19-18(20,21)27-16-6-8-17(9-7-16)28(25,26)23-12-14-2-4-15(5-3-14)13-24-11-1-10-22-24/h1-11,23H,12-13H2. The molecule has 0 saturated heterocycles. The van der Waals surface area contributed by atoms with Crippen molar-refractivity contribution in [2.75, 3.05) is 0 Å². The molecule has 0 saturated carbocycles. The van der Waals surface area contributed by atoms with Gasteiger partial charge in [0.1, 0.15) is 5.75 Å². The van der Waals surface area contributed by atoms with E-state index in [1.807, 2.05) is 24.4 Å². The number of rotatable bonds is 7. The number of halogens is 3. The zero-order chi connectivity index (χ0) is 20.2. The first-order valence-electron chi connectivity index (χ1n) is 8.12. The van der Waals surface area contributed by atoms with Gasteiger partial charge in [0.2, 0.25) is 10.0 Å². The van der Waals surface area contributed by atoms with Gasteiger partial charge in [-0.2, -0.15) is 5.10 Å². The number of sulfonamides is 1. The van der Waals surface area contributed by atoms with Crippen molar-refractivity contribution in [2.24, 2.45) is 0 Å². The maximum Gasteiger partial charge on any atom is 0.573 e. The predicted octanol–water partition coefficient (Wildman–Crippen LogP) is 3.31. The van der Waals surface area contributed by atoms with Crippen molar-refractivity contribution in [3.05, 3.63) is 78.1 Å². The van der Waals surface area contributed by atoms with Crippen LogP contribution in [0.5, 0.6) is 5.75 Å². The molecule has 0 aliphatic carbocycles. The molecule has 0 radical (unpaired) electrons. The summed E-state index contributed by atoms with van der Waals surface area (Å²) in [5.74, 6) is -0.487. The lowest BCUT2D eigenvalue weighted by molar-refractivity contribution is -0.274. The van der Waals surface area contributed by atoms with Crippen molar-refractivity contribution in [3.63, 3.8) is 0 Å². The van der Waals surface area contributed by atoms with Gasteiger partial charge in [-0.15, -0.1) is 13.2 Å². The van der Waals surface area contributed by atoms with Crippen LogP contribution < -0.4 is 9.46 Å². The van der Waals surface area contributed by atoms with Gasteiger partial charge in [0, 0.05) is 18.9 Å². The van der Waals surface area contributed by atoms with Crippen molar-refractivity contribution < 1.29 is 26.3 Å². The Morgan fingerprint density at radius 3 is 2.21 bits per heavy atom. The molecule has 0 aliphatic heterocycles. The Hall–Kier alpha value is -2.85. The number of benzene rings is 2. The Kier molecular flexibility index (Phi) is 5.71. The van der Waals surface area contributed by atoms with Crippen molar-refractivity contribution >= 4 is 10.0 Å². The second-order valence-electron chi connectivity index (χ2n) is 5.86. The summed E-state index contributed by atoms with van der Waals surface area (Å²) in [5, 5.41) is 4.12. The fourth-order valence-electron chi connectivity index (χ4n) is 2.43. The van der Waals surface area contributed by atoms with Crippen LogP contribution in [0, 0.1) is 0 Å². The highest BCUT2D eigenvalue weighted by Gasteiger charge is 2.31. The molecular weight excluding hydrogens is 395 g/mol. The zero-order valence-electron chi connectivity index (χ0n) is 14.4. The van der Waals surface area contributed by atoms with E-state index in [-0.39, 0.29) is 11.4 Å². The molecule has 0 fully saturated rings. The SMILES string of the molecule is O=S(=O)(NCc1ccc(Cn2cccn2)cc1)c1ccc(OC(F)(F)F)cc1. The quantitative estimate of drug-likeness (QED) is 0.648. The summed E-state index contributed by atoms with van der Waals surface area (Å²) in [6.45, 7) is 0.649. The molecule has 148 valence electrons. The summed E-state index contributed by atoms with van der Waals surface area (Å²) < 4.78 is 69.0. The van der Waals surface area contributed by atoms with Crippen LogP contribution >= 0.6 is 0 Å². The van der Waals surface area contributed by atoms with Gasteiger partial charge in [-0.25, -0.2) is 13.1 Å². The zero-order valence-corrected chi connectivity index (χ0v) is 15.2. The number of nitrogens with zero attached hydrogens (tertiary/aromatic N) is 2. The Morgan fingerprint density at radius 2 is 1.64 bits per heavy atom. The van der Waals surface area contributed by atoms with E-state index in [1.165, 1.54) is 0 Å². The highest BCUT2D eigenvalue weighted by atomic mass is 32.2. The van der Waals surface area contributed by atoms with Crippen LogP contribution in [0.15, 0.2) is 71.9 Å². The highest BCUT2D eigenvalue weighted by molar-refractivity contribution is 7.89. The minimum absolute atomic E-state index is 0.0468. The van der Waals surface area contributed by atoms with Gasteiger partial charge in [-0.1, -0.05) is 24.3 Å². The molecule has 1 heterocycles. The van der Waals surface area contributed by atoms with Gasteiger partial charge in [0.05, 0.1) is 11.4 Å². The van der Waals surface area contributed by atoms with E-state index in [9.17, 15) is 21.6 Å². The topological polar surface area (TPSA) is 73.2 Å². The average Bonchev–Trinajstić information content (AvgIpc) is 3.13. The number of hydrogen-bond acceptors (Lipinski definition) is 4. The van der Waals surface area contributed by atoms with Gasteiger partial charge >= 0.3 is 6.36 Å². The summed E-state index contributed by atoms with van der Waals surface area (Å²) in [4.78, 5) is -0.155. The molecule has 3 aromatic rings. The largest absolute Gasteiger partial charge is 0.573 e. The number of alkyl halides is 3. The molecule has 0 spiro atoms. The maximum atomic E-state index is 12.3. The molecule has 0 unspecified atom stereocenters. The van der Waals surface area contributed by atoms with Crippen LogP contribution in [0.1, 0.15) is 11.1 Å². The molecule has 2 aromatic carbocycles. The van der Waals surface area contributed by atoms with Gasteiger partial charge in [0.15, 0.2) is 0 Å². The van der Waals surface area contributed by atoms with Crippen LogP contribution in [-0.2, 0) is 23.1 Å². The highest BCUT2D eigenvalue weighted by Crippen LogP contribution is 2.23. The summed E-state index contributed by atoms with van der Waals surface area (Å²) in [6.07, 6.45) is -1.31. The molecule has 0 aliphatic rings. The average molecular weight is 411 g/mol. The van der Waals surface area contributed by atoms with E-state index < -0.39 is 22.1 Å². The van der Waals surface area contributed by atoms with Crippen LogP contribution in [0.25, 0.3) is 0 Å². The Labute approximate surface area is 159 Å². The van der Waals surface area contributed by atoms with Gasteiger partial charge in [-0.05, 0) is 41.5 Å². The maximum absolute atomic E-state index is 12.3. The molecule has 1 N–H and O–H groups in total. The van der Waals surface area contributed by atoms with Crippen molar-refractivity contribution in [3.8, 4) is 5.75 Å². The summed E-state index contributed by atoms with van der Waals surface area (Å²) in [7, 11) is -3.87. The Balaban J connectivity index is 1.60. The predicted molar refractivity (Wildman–Crippen MR) is 94.9 cm³/mol. The first-order valence-corrected chi connectivity index (χ1v) is 9.60. The lowest BCUT2D eigenvalue weighted by Gasteiger charge is -2.10. The van der Waals surface area contributed by atoms with E-state index in [4.69, 9.17) is 0 Å². The molecule has 1 aromatic heterocycles. The van der Waals surface area contributed by atoms with Crippen molar-refractivity contribution in [2.45, 2.75) is 24.3 Å². The number of ether oxygens (including phenoxy) is 1. The lowest BCUT2D eigenvalue weighted by atomic mass is 10.1. The Bertz CT molecular complexity index is 1000. The van der Waals surface area contributed by atoms with Crippen LogP contribution in [0.4, 0.5) is 13.2 Å². The van der Waals surface area contributed by atoms with Gasteiger partial charge in [0.25, 0.3) is 0 Å². The van der Waals surface area contributed by atoms with Crippen LogP contribution in [0.2, 0.25) is 0 Å². The third-order valence-electron chi connectivity index (χ3n) is 3.76. The van der Waals surface area contributed by atoms with Crippen molar-refractivity contribution in [1.82, 2.24) is 14.5 Å². The molecule has 6 nitrogen and oxygen atoms in total. The second kappa shape index (κ2) is 8.03. The van der Waals surface area contributed by atoms with E-state index in [2.05, 4.69) is 14.6 Å². The molecule has 10 heteroatoms. The first-order chi connectivity index (χ1) is 13.2. The summed E-state index contributed by atoms with van der Waals surface area (Å²) in [5.41, 5.74) is 1.75. The number of hydrogen-bond donors (Lipinski definition) is 1. The molecule has 0 bridgehead atoms. The normalized spacial score (nSPS) is 12.1. The first kappa shape index (κ1) is 19.9. The van der Waals surface area contributed by atoms with Gasteiger partial charge in [-0.3, -0.25) is 4.68 Å². The van der Waals surface area contributed by atoms with Gasteiger partial charge < -0.3 is 4.74 Å². The fourth-order valence-corrected chi connectivity index (χ4v) is 3.44. The number of aromatic nitrogens is 2. The molecule has 3 rings (SSSR count). The summed E-state index contributed by atoms with van der Waals surface area (Å²) in [6, 6.07) is 13.2. The molecule has 0 amide bonds. The van der Waals surface area contributed by atoms with Crippen LogP contribution in [-0.4, -0.2) is 24.6 Å².